The van der Waals surface area contributed by atoms with Crippen molar-refractivity contribution in [2.24, 2.45) is 0 Å². The number of nitro groups is 1. The highest BCUT2D eigenvalue weighted by molar-refractivity contribution is 5.60. The molecule has 1 aliphatic heterocycles. The number of nitro benzene ring substituents is 1. The van der Waals surface area contributed by atoms with Crippen molar-refractivity contribution in [2.45, 2.75) is 0 Å². The third-order valence-electron chi connectivity index (χ3n) is 2.78. The Kier molecular flexibility index (Phi) is 3.21. The molecule has 1 aromatic carbocycles. The van der Waals surface area contributed by atoms with Gasteiger partial charge < -0.3 is 10.2 Å². The van der Waals surface area contributed by atoms with E-state index in [1.807, 2.05) is 6.07 Å². The second kappa shape index (κ2) is 4.80. The fourth-order valence-electron chi connectivity index (χ4n) is 1.89. The van der Waals surface area contributed by atoms with Gasteiger partial charge in [-0.15, -0.1) is 0 Å². The van der Waals surface area contributed by atoms with Crippen LogP contribution in [0.3, 0.4) is 0 Å². The van der Waals surface area contributed by atoms with E-state index >= 15 is 0 Å². The predicted molar refractivity (Wildman–Crippen MR) is 62.9 cm³/mol. The molecule has 0 atom stereocenters. The normalized spacial score (nSPS) is 15.4. The molecule has 0 amide bonds. The number of rotatable bonds is 2. The summed E-state index contributed by atoms with van der Waals surface area (Å²) in [5, 5.41) is 22.8. The summed E-state index contributed by atoms with van der Waals surface area (Å²) in [4.78, 5) is 12.4. The lowest BCUT2D eigenvalue weighted by Gasteiger charge is -2.29. The lowest BCUT2D eigenvalue weighted by molar-refractivity contribution is -0.385. The molecule has 6 heteroatoms. The van der Waals surface area contributed by atoms with Crippen LogP contribution in [0, 0.1) is 21.4 Å². The monoisotopic (exact) mass is 232 g/mol. The zero-order valence-corrected chi connectivity index (χ0v) is 9.22. The minimum absolute atomic E-state index is 0.105. The van der Waals surface area contributed by atoms with Gasteiger partial charge in [0.05, 0.1) is 4.92 Å². The average molecular weight is 232 g/mol. The van der Waals surface area contributed by atoms with E-state index < -0.39 is 4.92 Å². The molecule has 0 aliphatic carbocycles. The number of nitrogens with zero attached hydrogens (tertiary/aromatic N) is 3. The van der Waals surface area contributed by atoms with Crippen LogP contribution in [0.5, 0.6) is 0 Å². The van der Waals surface area contributed by atoms with E-state index in [1.165, 1.54) is 12.1 Å². The third-order valence-corrected chi connectivity index (χ3v) is 2.78. The van der Waals surface area contributed by atoms with Crippen molar-refractivity contribution < 1.29 is 4.92 Å². The van der Waals surface area contributed by atoms with E-state index in [2.05, 4.69) is 10.2 Å². The Morgan fingerprint density at radius 2 is 2.12 bits per heavy atom. The molecule has 1 aliphatic rings. The average Bonchev–Trinajstić information content (AvgIpc) is 2.39. The zero-order valence-electron chi connectivity index (χ0n) is 9.22. The molecule has 2 rings (SSSR count). The van der Waals surface area contributed by atoms with Crippen LogP contribution in [0.1, 0.15) is 5.56 Å². The van der Waals surface area contributed by atoms with Gasteiger partial charge in [0.25, 0.3) is 5.69 Å². The first-order valence-corrected chi connectivity index (χ1v) is 5.36. The summed E-state index contributed by atoms with van der Waals surface area (Å²) in [6, 6.07) is 6.58. The third kappa shape index (κ3) is 2.34. The van der Waals surface area contributed by atoms with E-state index in [4.69, 9.17) is 5.26 Å². The van der Waals surface area contributed by atoms with Gasteiger partial charge in [0, 0.05) is 37.9 Å². The standard InChI is InChI=1S/C11H12N4O2/c12-8-9-1-2-10(7-11(9)15(16)17)14-5-3-13-4-6-14/h1-2,7,13H,3-6H2. The maximum Gasteiger partial charge on any atom is 0.289 e. The molecule has 1 fully saturated rings. The van der Waals surface area contributed by atoms with Crippen LogP contribution in [0.25, 0.3) is 0 Å². The molecule has 1 N–H and O–H groups in total. The van der Waals surface area contributed by atoms with Gasteiger partial charge in [-0.25, -0.2) is 0 Å². The van der Waals surface area contributed by atoms with Crippen molar-refractivity contribution in [1.82, 2.24) is 5.32 Å². The number of hydrogen-bond donors (Lipinski definition) is 1. The smallest absolute Gasteiger partial charge is 0.289 e. The molecule has 0 bridgehead atoms. The molecule has 88 valence electrons. The highest BCUT2D eigenvalue weighted by Crippen LogP contribution is 2.25. The summed E-state index contributed by atoms with van der Waals surface area (Å²) in [6.07, 6.45) is 0. The van der Waals surface area contributed by atoms with Crippen molar-refractivity contribution in [1.29, 1.82) is 5.26 Å². The molecule has 1 saturated heterocycles. The Balaban J connectivity index is 2.33. The van der Waals surface area contributed by atoms with Crippen LogP contribution in [0.2, 0.25) is 0 Å². The minimum Gasteiger partial charge on any atom is -0.369 e. The number of hydrogen-bond acceptors (Lipinski definition) is 5. The van der Waals surface area contributed by atoms with Gasteiger partial charge in [-0.05, 0) is 12.1 Å². The van der Waals surface area contributed by atoms with Crippen LogP contribution in [0.4, 0.5) is 11.4 Å². The van der Waals surface area contributed by atoms with E-state index in [-0.39, 0.29) is 11.3 Å². The number of piperazine rings is 1. The summed E-state index contributed by atoms with van der Waals surface area (Å²) in [5.41, 5.74) is 0.787. The van der Waals surface area contributed by atoms with Crippen molar-refractivity contribution in [3.63, 3.8) is 0 Å². The quantitative estimate of drug-likeness (QED) is 0.604. The molecule has 0 aromatic heterocycles. The fourth-order valence-corrected chi connectivity index (χ4v) is 1.89. The number of nitriles is 1. The SMILES string of the molecule is N#Cc1ccc(N2CCNCC2)cc1[N+](=O)[O-]. The van der Waals surface area contributed by atoms with Gasteiger partial charge in [0.2, 0.25) is 0 Å². The molecular formula is C11H12N4O2. The second-order valence-corrected chi connectivity index (χ2v) is 3.81. The maximum atomic E-state index is 10.8. The molecular weight excluding hydrogens is 220 g/mol. The first-order valence-electron chi connectivity index (χ1n) is 5.36. The van der Waals surface area contributed by atoms with Crippen molar-refractivity contribution in [2.75, 3.05) is 31.1 Å². The Morgan fingerprint density at radius 1 is 1.41 bits per heavy atom. The van der Waals surface area contributed by atoms with E-state index in [0.29, 0.717) is 0 Å². The van der Waals surface area contributed by atoms with Gasteiger partial charge >= 0.3 is 0 Å². The molecule has 0 spiro atoms. The largest absolute Gasteiger partial charge is 0.369 e. The first kappa shape index (κ1) is 11.4. The Bertz CT molecular complexity index is 475. The number of anilines is 1. The van der Waals surface area contributed by atoms with E-state index in [9.17, 15) is 10.1 Å². The first-order chi connectivity index (χ1) is 8.22. The van der Waals surface area contributed by atoms with Gasteiger partial charge in [0.15, 0.2) is 0 Å². The van der Waals surface area contributed by atoms with Crippen LogP contribution in [-0.4, -0.2) is 31.1 Å². The predicted octanol–water partition coefficient (Wildman–Crippen LogP) is 0.876. The van der Waals surface area contributed by atoms with E-state index in [1.54, 1.807) is 6.07 Å². The minimum atomic E-state index is -0.510. The summed E-state index contributed by atoms with van der Waals surface area (Å²) in [6.45, 7) is 3.38. The molecule has 17 heavy (non-hydrogen) atoms. The summed E-state index contributed by atoms with van der Waals surface area (Å²) in [5.74, 6) is 0. The van der Waals surface area contributed by atoms with Gasteiger partial charge in [0.1, 0.15) is 11.6 Å². The van der Waals surface area contributed by atoms with Gasteiger partial charge in [-0.1, -0.05) is 0 Å². The van der Waals surface area contributed by atoms with Crippen molar-refractivity contribution >= 4 is 11.4 Å². The molecule has 0 radical (unpaired) electrons. The second-order valence-electron chi connectivity index (χ2n) is 3.81. The van der Waals surface area contributed by atoms with Gasteiger partial charge in [-0.2, -0.15) is 5.26 Å². The van der Waals surface area contributed by atoms with Crippen LogP contribution in [0.15, 0.2) is 18.2 Å². The molecule has 1 heterocycles. The van der Waals surface area contributed by atoms with Crippen LogP contribution >= 0.6 is 0 Å². The lowest BCUT2D eigenvalue weighted by Crippen LogP contribution is -2.43. The van der Waals surface area contributed by atoms with Crippen LogP contribution < -0.4 is 10.2 Å². The van der Waals surface area contributed by atoms with Crippen molar-refractivity contribution in [3.8, 4) is 6.07 Å². The highest BCUT2D eigenvalue weighted by Gasteiger charge is 2.18. The highest BCUT2D eigenvalue weighted by atomic mass is 16.6. The molecule has 0 saturated carbocycles. The summed E-state index contributed by atoms with van der Waals surface area (Å²) < 4.78 is 0. The number of benzene rings is 1. The topological polar surface area (TPSA) is 82.2 Å². The fraction of sp³-hybridized carbons (Fsp3) is 0.364. The number of nitrogens with one attached hydrogen (secondary N) is 1. The summed E-state index contributed by atoms with van der Waals surface area (Å²) >= 11 is 0. The zero-order chi connectivity index (χ0) is 12.3. The van der Waals surface area contributed by atoms with Crippen LogP contribution in [-0.2, 0) is 0 Å². The molecule has 0 unspecified atom stereocenters. The Labute approximate surface area is 98.6 Å². The molecule has 6 nitrogen and oxygen atoms in total. The van der Waals surface area contributed by atoms with E-state index in [0.717, 1.165) is 31.9 Å². The van der Waals surface area contributed by atoms with Crippen molar-refractivity contribution in [3.05, 3.63) is 33.9 Å². The Hall–Kier alpha value is -2.13. The van der Waals surface area contributed by atoms with Gasteiger partial charge in [-0.3, -0.25) is 10.1 Å². The Morgan fingerprint density at radius 3 is 2.71 bits per heavy atom. The molecule has 1 aromatic rings. The maximum absolute atomic E-state index is 10.8. The lowest BCUT2D eigenvalue weighted by atomic mass is 10.1. The summed E-state index contributed by atoms with van der Waals surface area (Å²) in [7, 11) is 0.